The van der Waals surface area contributed by atoms with Crippen LogP contribution < -0.4 is 11.1 Å². The van der Waals surface area contributed by atoms with Crippen LogP contribution in [0.5, 0.6) is 0 Å². The molecule has 0 aliphatic rings. The topological polar surface area (TPSA) is 38.0 Å². The summed E-state index contributed by atoms with van der Waals surface area (Å²) in [6.07, 6.45) is 0. The van der Waals surface area contributed by atoms with Crippen LogP contribution in [0.4, 0.5) is 5.69 Å². The van der Waals surface area contributed by atoms with Gasteiger partial charge in [-0.3, -0.25) is 0 Å². The van der Waals surface area contributed by atoms with Gasteiger partial charge in [0, 0.05) is 12.2 Å². The third kappa shape index (κ3) is 1.95. The van der Waals surface area contributed by atoms with E-state index in [-0.39, 0.29) is 0 Å². The number of hydrogen-bond acceptors (Lipinski definition) is 2. The van der Waals surface area contributed by atoms with Gasteiger partial charge in [-0.15, -0.1) is 0 Å². The Kier molecular flexibility index (Phi) is 2.49. The van der Waals surface area contributed by atoms with Crippen LogP contribution >= 0.6 is 0 Å². The van der Waals surface area contributed by atoms with Crippen molar-refractivity contribution in [2.45, 2.75) is 13.5 Å². The molecule has 0 spiro atoms. The second kappa shape index (κ2) is 3.39. The summed E-state index contributed by atoms with van der Waals surface area (Å²) < 4.78 is 0. The minimum Gasteiger partial charge on any atom is -0.399 e. The third-order valence-electron chi connectivity index (χ3n) is 1.73. The molecular formula is C9H14N2. The van der Waals surface area contributed by atoms with Crippen LogP contribution in [0.25, 0.3) is 0 Å². The fourth-order valence-electron chi connectivity index (χ4n) is 1.11. The fourth-order valence-corrected chi connectivity index (χ4v) is 1.11. The summed E-state index contributed by atoms with van der Waals surface area (Å²) in [4.78, 5) is 0. The molecule has 1 aromatic carbocycles. The highest BCUT2D eigenvalue weighted by atomic mass is 14.8. The third-order valence-corrected chi connectivity index (χ3v) is 1.73. The van der Waals surface area contributed by atoms with Crippen molar-refractivity contribution in [3.8, 4) is 0 Å². The summed E-state index contributed by atoms with van der Waals surface area (Å²) in [6, 6.07) is 5.98. The number of nitrogens with two attached hydrogens (primary N) is 1. The van der Waals surface area contributed by atoms with E-state index in [1.165, 1.54) is 11.1 Å². The van der Waals surface area contributed by atoms with E-state index in [0.29, 0.717) is 0 Å². The van der Waals surface area contributed by atoms with Gasteiger partial charge in [-0.05, 0) is 37.2 Å². The summed E-state index contributed by atoms with van der Waals surface area (Å²) in [5.74, 6) is 0. The zero-order chi connectivity index (χ0) is 8.27. The Balaban J connectivity index is 2.90. The first kappa shape index (κ1) is 8.08. The lowest BCUT2D eigenvalue weighted by molar-refractivity contribution is 0.812. The maximum Gasteiger partial charge on any atom is 0.0316 e. The number of nitrogens with one attached hydrogen (secondary N) is 1. The second-order valence-corrected chi connectivity index (χ2v) is 2.72. The van der Waals surface area contributed by atoms with E-state index >= 15 is 0 Å². The van der Waals surface area contributed by atoms with Crippen molar-refractivity contribution in [2.24, 2.45) is 0 Å². The Morgan fingerprint density at radius 1 is 1.45 bits per heavy atom. The lowest BCUT2D eigenvalue weighted by atomic mass is 10.1. The molecule has 1 aromatic rings. The van der Waals surface area contributed by atoms with E-state index in [1.54, 1.807) is 0 Å². The van der Waals surface area contributed by atoms with Gasteiger partial charge in [-0.2, -0.15) is 0 Å². The average molecular weight is 150 g/mol. The SMILES string of the molecule is CNCc1ccc(N)cc1C. The van der Waals surface area contributed by atoms with E-state index in [2.05, 4.69) is 18.3 Å². The van der Waals surface area contributed by atoms with Crippen LogP contribution in [0.3, 0.4) is 0 Å². The normalized spacial score (nSPS) is 10.0. The standard InChI is InChI=1S/C9H14N2/c1-7-5-9(10)4-3-8(7)6-11-2/h3-5,11H,6,10H2,1-2H3. The van der Waals surface area contributed by atoms with Gasteiger partial charge < -0.3 is 11.1 Å². The number of benzene rings is 1. The fraction of sp³-hybridized carbons (Fsp3) is 0.333. The second-order valence-electron chi connectivity index (χ2n) is 2.72. The first-order chi connectivity index (χ1) is 5.24. The Labute approximate surface area is 67.4 Å². The molecule has 0 saturated carbocycles. The smallest absolute Gasteiger partial charge is 0.0316 e. The van der Waals surface area contributed by atoms with Crippen LogP contribution in [-0.4, -0.2) is 7.05 Å². The predicted molar refractivity (Wildman–Crippen MR) is 48.4 cm³/mol. The van der Waals surface area contributed by atoms with Crippen LogP contribution in [0.2, 0.25) is 0 Å². The molecule has 0 unspecified atom stereocenters. The van der Waals surface area contributed by atoms with Gasteiger partial charge in [-0.1, -0.05) is 6.07 Å². The van der Waals surface area contributed by atoms with Crippen molar-refractivity contribution < 1.29 is 0 Å². The molecule has 0 amide bonds. The molecule has 0 atom stereocenters. The molecule has 60 valence electrons. The van der Waals surface area contributed by atoms with E-state index in [1.807, 2.05) is 19.2 Å². The maximum absolute atomic E-state index is 5.60. The highest BCUT2D eigenvalue weighted by molar-refractivity contribution is 5.44. The molecule has 11 heavy (non-hydrogen) atoms. The van der Waals surface area contributed by atoms with Gasteiger partial charge in [0.15, 0.2) is 0 Å². The van der Waals surface area contributed by atoms with E-state index in [9.17, 15) is 0 Å². The van der Waals surface area contributed by atoms with Gasteiger partial charge in [0.1, 0.15) is 0 Å². The van der Waals surface area contributed by atoms with Gasteiger partial charge in [0.05, 0.1) is 0 Å². The molecule has 3 N–H and O–H groups in total. The number of rotatable bonds is 2. The molecule has 1 rings (SSSR count). The maximum atomic E-state index is 5.60. The van der Waals surface area contributed by atoms with Crippen molar-refractivity contribution in [1.29, 1.82) is 0 Å². The largest absolute Gasteiger partial charge is 0.399 e. The molecule has 0 bridgehead atoms. The minimum absolute atomic E-state index is 0.836. The molecular weight excluding hydrogens is 136 g/mol. The number of aryl methyl sites for hydroxylation is 1. The molecule has 0 fully saturated rings. The van der Waals surface area contributed by atoms with E-state index in [0.717, 1.165) is 12.2 Å². The molecule has 0 aromatic heterocycles. The van der Waals surface area contributed by atoms with Crippen LogP contribution in [0, 0.1) is 6.92 Å². The summed E-state index contributed by atoms with van der Waals surface area (Å²) >= 11 is 0. The van der Waals surface area contributed by atoms with Gasteiger partial charge >= 0.3 is 0 Å². The predicted octanol–water partition coefficient (Wildman–Crippen LogP) is 1.30. The monoisotopic (exact) mass is 150 g/mol. The van der Waals surface area contributed by atoms with Gasteiger partial charge in [-0.25, -0.2) is 0 Å². The van der Waals surface area contributed by atoms with Crippen LogP contribution in [-0.2, 0) is 6.54 Å². The van der Waals surface area contributed by atoms with Crippen molar-refractivity contribution >= 4 is 5.69 Å². The number of nitrogen functional groups attached to an aromatic ring is 1. The Hall–Kier alpha value is -1.02. The number of hydrogen-bond donors (Lipinski definition) is 2. The van der Waals surface area contributed by atoms with Crippen molar-refractivity contribution in [3.05, 3.63) is 29.3 Å². The molecule has 2 nitrogen and oxygen atoms in total. The first-order valence-corrected chi connectivity index (χ1v) is 3.73. The molecule has 0 heterocycles. The summed E-state index contributed by atoms with van der Waals surface area (Å²) in [6.45, 7) is 2.98. The molecule has 0 radical (unpaired) electrons. The lowest BCUT2D eigenvalue weighted by Gasteiger charge is -2.04. The van der Waals surface area contributed by atoms with Crippen LogP contribution in [0.1, 0.15) is 11.1 Å². The van der Waals surface area contributed by atoms with E-state index in [4.69, 9.17) is 5.73 Å². The summed E-state index contributed by atoms with van der Waals surface area (Å²) in [5.41, 5.74) is 9.00. The Bertz CT molecular complexity index is 243. The Morgan fingerprint density at radius 3 is 2.73 bits per heavy atom. The van der Waals surface area contributed by atoms with Gasteiger partial charge in [0.25, 0.3) is 0 Å². The zero-order valence-corrected chi connectivity index (χ0v) is 7.02. The van der Waals surface area contributed by atoms with Crippen molar-refractivity contribution in [3.63, 3.8) is 0 Å². The van der Waals surface area contributed by atoms with Crippen molar-refractivity contribution in [2.75, 3.05) is 12.8 Å². The minimum atomic E-state index is 0.836. The molecule has 2 heteroatoms. The molecule has 0 aliphatic carbocycles. The quantitative estimate of drug-likeness (QED) is 0.623. The summed E-state index contributed by atoms with van der Waals surface area (Å²) in [5, 5.41) is 3.10. The van der Waals surface area contributed by atoms with Crippen molar-refractivity contribution in [1.82, 2.24) is 5.32 Å². The molecule has 0 saturated heterocycles. The Morgan fingerprint density at radius 2 is 2.18 bits per heavy atom. The van der Waals surface area contributed by atoms with E-state index < -0.39 is 0 Å². The highest BCUT2D eigenvalue weighted by Crippen LogP contribution is 2.11. The summed E-state index contributed by atoms with van der Waals surface area (Å²) in [7, 11) is 1.94. The van der Waals surface area contributed by atoms with Crippen LogP contribution in [0.15, 0.2) is 18.2 Å². The lowest BCUT2D eigenvalue weighted by Crippen LogP contribution is -2.06. The first-order valence-electron chi connectivity index (χ1n) is 3.73. The number of anilines is 1. The highest BCUT2D eigenvalue weighted by Gasteiger charge is 1.95. The average Bonchev–Trinajstić information content (AvgIpc) is 1.95. The molecule has 0 aliphatic heterocycles. The van der Waals surface area contributed by atoms with Gasteiger partial charge in [0.2, 0.25) is 0 Å². The zero-order valence-electron chi connectivity index (χ0n) is 7.02.